The Labute approximate surface area is 155 Å². The van der Waals surface area contributed by atoms with Crippen molar-refractivity contribution in [2.75, 3.05) is 5.75 Å². The molecule has 1 aliphatic rings. The molecule has 1 aliphatic carbocycles. The number of carbonyl (C=O) groups excluding carboxylic acids is 2. The number of furan rings is 1. The van der Waals surface area contributed by atoms with Crippen LogP contribution in [-0.2, 0) is 17.8 Å². The molecule has 0 unspecified atom stereocenters. The third kappa shape index (κ3) is 5.91. The number of hydrogen-bond donors (Lipinski definition) is 3. The molecule has 9 heteroatoms. The predicted molar refractivity (Wildman–Crippen MR) is 96.5 cm³/mol. The van der Waals surface area contributed by atoms with E-state index in [1.807, 2.05) is 0 Å². The van der Waals surface area contributed by atoms with Crippen molar-refractivity contribution in [3.05, 3.63) is 30.0 Å². The summed E-state index contributed by atoms with van der Waals surface area (Å²) in [6.07, 6.45) is 8.86. The number of thioether (sulfide) groups is 1. The molecule has 2 aromatic heterocycles. The minimum Gasteiger partial charge on any atom is -0.467 e. The molecule has 1 saturated carbocycles. The fraction of sp³-hybridized carbons (Fsp3) is 0.529. The summed E-state index contributed by atoms with van der Waals surface area (Å²) in [5, 5.41) is 12.4. The zero-order valence-corrected chi connectivity index (χ0v) is 15.3. The van der Waals surface area contributed by atoms with E-state index in [0.29, 0.717) is 10.9 Å². The van der Waals surface area contributed by atoms with Crippen LogP contribution in [-0.4, -0.2) is 32.9 Å². The van der Waals surface area contributed by atoms with Crippen LogP contribution in [0.3, 0.4) is 0 Å². The maximum absolute atomic E-state index is 11.8. The first-order valence-corrected chi connectivity index (χ1v) is 9.82. The smallest absolute Gasteiger partial charge is 0.321 e. The van der Waals surface area contributed by atoms with E-state index in [-0.39, 0.29) is 12.3 Å². The molecule has 3 amide bonds. The number of aromatic amines is 1. The van der Waals surface area contributed by atoms with Crippen LogP contribution in [0.2, 0.25) is 0 Å². The molecule has 140 valence electrons. The first kappa shape index (κ1) is 18.5. The van der Waals surface area contributed by atoms with Crippen LogP contribution in [0, 0.1) is 5.92 Å². The molecule has 8 nitrogen and oxygen atoms in total. The predicted octanol–water partition coefficient (Wildman–Crippen LogP) is 2.64. The van der Waals surface area contributed by atoms with Crippen molar-refractivity contribution in [3.63, 3.8) is 0 Å². The topological polar surface area (TPSA) is 113 Å². The van der Waals surface area contributed by atoms with Gasteiger partial charge in [-0.15, -0.1) is 5.10 Å². The fourth-order valence-corrected chi connectivity index (χ4v) is 3.63. The van der Waals surface area contributed by atoms with Gasteiger partial charge in [0.2, 0.25) is 11.1 Å². The van der Waals surface area contributed by atoms with Crippen LogP contribution in [0.1, 0.15) is 43.7 Å². The van der Waals surface area contributed by atoms with E-state index in [2.05, 4.69) is 25.8 Å². The van der Waals surface area contributed by atoms with Crippen molar-refractivity contribution in [1.29, 1.82) is 0 Å². The molecule has 26 heavy (non-hydrogen) atoms. The van der Waals surface area contributed by atoms with Crippen LogP contribution >= 0.6 is 11.8 Å². The van der Waals surface area contributed by atoms with Gasteiger partial charge in [0.15, 0.2) is 0 Å². The van der Waals surface area contributed by atoms with Gasteiger partial charge in [0.1, 0.15) is 11.6 Å². The third-order valence-electron chi connectivity index (χ3n) is 4.36. The van der Waals surface area contributed by atoms with Crippen molar-refractivity contribution >= 4 is 23.7 Å². The van der Waals surface area contributed by atoms with Gasteiger partial charge in [0, 0.05) is 6.42 Å². The number of carbonyl (C=O) groups is 2. The SMILES string of the molecule is O=C(CSc1n[nH]c(CCC2CCCC2)n1)NC(=O)NCc1ccco1. The first-order chi connectivity index (χ1) is 12.7. The molecule has 0 radical (unpaired) electrons. The second-order valence-electron chi connectivity index (χ2n) is 6.35. The van der Waals surface area contributed by atoms with Crippen molar-refractivity contribution in [2.45, 2.75) is 50.2 Å². The molecule has 2 heterocycles. The molecular weight excluding hydrogens is 354 g/mol. The number of aromatic nitrogens is 3. The molecule has 1 fully saturated rings. The second kappa shape index (κ2) is 9.42. The minimum absolute atomic E-state index is 0.0775. The maximum atomic E-state index is 11.8. The van der Waals surface area contributed by atoms with Crippen molar-refractivity contribution in [3.8, 4) is 0 Å². The molecule has 0 aliphatic heterocycles. The minimum atomic E-state index is -0.556. The van der Waals surface area contributed by atoms with Gasteiger partial charge in [-0.2, -0.15) is 0 Å². The Kier molecular flexibility index (Phi) is 6.70. The number of imide groups is 1. The average Bonchev–Trinajstić information content (AvgIpc) is 3.39. The van der Waals surface area contributed by atoms with Crippen LogP contribution in [0.4, 0.5) is 4.79 Å². The normalized spacial score (nSPS) is 14.5. The van der Waals surface area contributed by atoms with E-state index < -0.39 is 11.9 Å². The number of amides is 3. The Morgan fingerprint density at radius 3 is 2.96 bits per heavy atom. The number of H-pyrrole nitrogens is 1. The summed E-state index contributed by atoms with van der Waals surface area (Å²) in [6, 6.07) is 2.92. The van der Waals surface area contributed by atoms with E-state index in [1.54, 1.807) is 12.1 Å². The van der Waals surface area contributed by atoms with Gasteiger partial charge in [0.05, 0.1) is 18.6 Å². The van der Waals surface area contributed by atoms with Gasteiger partial charge in [-0.1, -0.05) is 37.4 Å². The summed E-state index contributed by atoms with van der Waals surface area (Å²) < 4.78 is 5.10. The summed E-state index contributed by atoms with van der Waals surface area (Å²) in [7, 11) is 0. The lowest BCUT2D eigenvalue weighted by Crippen LogP contribution is -2.39. The van der Waals surface area contributed by atoms with Gasteiger partial charge >= 0.3 is 6.03 Å². The molecule has 3 rings (SSSR count). The number of urea groups is 1. The lowest BCUT2D eigenvalue weighted by atomic mass is 10.0. The maximum Gasteiger partial charge on any atom is 0.321 e. The summed E-state index contributed by atoms with van der Waals surface area (Å²) in [5.74, 6) is 1.96. The van der Waals surface area contributed by atoms with Crippen molar-refractivity contribution in [1.82, 2.24) is 25.8 Å². The summed E-state index contributed by atoms with van der Waals surface area (Å²) >= 11 is 1.20. The molecule has 3 N–H and O–H groups in total. The molecular formula is C17H23N5O3S. The number of nitrogens with zero attached hydrogens (tertiary/aromatic N) is 2. The van der Waals surface area contributed by atoms with Crippen LogP contribution in [0.5, 0.6) is 0 Å². The zero-order chi connectivity index (χ0) is 18.2. The number of rotatable bonds is 8. The van der Waals surface area contributed by atoms with Crippen molar-refractivity contribution in [2.24, 2.45) is 5.92 Å². The Hall–Kier alpha value is -2.29. The lowest BCUT2D eigenvalue weighted by Gasteiger charge is -2.05. The van der Waals surface area contributed by atoms with Gasteiger partial charge in [-0.05, 0) is 24.5 Å². The highest BCUT2D eigenvalue weighted by Crippen LogP contribution is 2.28. The molecule has 0 saturated heterocycles. The van der Waals surface area contributed by atoms with Crippen molar-refractivity contribution < 1.29 is 14.0 Å². The van der Waals surface area contributed by atoms with Gasteiger partial charge in [-0.25, -0.2) is 9.78 Å². The van der Waals surface area contributed by atoms with E-state index in [4.69, 9.17) is 4.42 Å². The van der Waals surface area contributed by atoms with E-state index in [1.165, 1.54) is 43.7 Å². The lowest BCUT2D eigenvalue weighted by molar-refractivity contribution is -0.117. The Morgan fingerprint density at radius 2 is 2.19 bits per heavy atom. The summed E-state index contributed by atoms with van der Waals surface area (Å²) in [6.45, 7) is 0.227. The van der Waals surface area contributed by atoms with E-state index in [0.717, 1.165) is 24.6 Å². The highest BCUT2D eigenvalue weighted by Gasteiger charge is 2.16. The highest BCUT2D eigenvalue weighted by atomic mass is 32.2. The third-order valence-corrected chi connectivity index (χ3v) is 5.21. The summed E-state index contributed by atoms with van der Waals surface area (Å²) in [4.78, 5) is 27.9. The Balaban J connectivity index is 1.32. The summed E-state index contributed by atoms with van der Waals surface area (Å²) in [5.41, 5.74) is 0. The fourth-order valence-electron chi connectivity index (χ4n) is 3.01. The van der Waals surface area contributed by atoms with Gasteiger partial charge < -0.3 is 9.73 Å². The van der Waals surface area contributed by atoms with E-state index >= 15 is 0 Å². The number of nitrogens with one attached hydrogen (secondary N) is 3. The Morgan fingerprint density at radius 1 is 1.35 bits per heavy atom. The Bertz CT molecular complexity index is 710. The average molecular weight is 377 g/mol. The molecule has 0 atom stereocenters. The number of hydrogen-bond acceptors (Lipinski definition) is 6. The van der Waals surface area contributed by atoms with Gasteiger partial charge in [0.25, 0.3) is 0 Å². The van der Waals surface area contributed by atoms with Crippen LogP contribution in [0.15, 0.2) is 28.0 Å². The zero-order valence-electron chi connectivity index (χ0n) is 14.5. The van der Waals surface area contributed by atoms with Crippen LogP contribution in [0.25, 0.3) is 0 Å². The van der Waals surface area contributed by atoms with Gasteiger partial charge in [-0.3, -0.25) is 15.2 Å². The molecule has 0 aromatic carbocycles. The quantitative estimate of drug-likeness (QED) is 0.610. The highest BCUT2D eigenvalue weighted by molar-refractivity contribution is 7.99. The monoisotopic (exact) mass is 377 g/mol. The first-order valence-electron chi connectivity index (χ1n) is 8.83. The van der Waals surface area contributed by atoms with Crippen LogP contribution < -0.4 is 10.6 Å². The molecule has 2 aromatic rings. The van der Waals surface area contributed by atoms with E-state index in [9.17, 15) is 9.59 Å². The molecule has 0 bridgehead atoms. The standard InChI is InChI=1S/C17H23N5O3S/c23-15(20-16(24)18-10-13-6-3-9-25-13)11-26-17-19-14(21-22-17)8-7-12-4-1-2-5-12/h3,6,9,12H,1-2,4-5,7-8,10-11H2,(H,19,21,22)(H2,18,20,23,24). The molecule has 0 spiro atoms. The number of aryl methyl sites for hydroxylation is 1. The second-order valence-corrected chi connectivity index (χ2v) is 7.30. The largest absolute Gasteiger partial charge is 0.467 e.